The molecule has 0 radical (unpaired) electrons. The van der Waals surface area contributed by atoms with Crippen LogP contribution in [0.3, 0.4) is 0 Å². The molecule has 2 rings (SSSR count). The fraction of sp³-hybridized carbons (Fsp3) is 0.500. The first-order valence-corrected chi connectivity index (χ1v) is 5.63. The van der Waals surface area contributed by atoms with E-state index in [-0.39, 0.29) is 5.52 Å². The van der Waals surface area contributed by atoms with Gasteiger partial charge in [-0.25, -0.2) is 4.79 Å². The van der Waals surface area contributed by atoms with Crippen LogP contribution in [0.5, 0.6) is 0 Å². The molecule has 0 spiro atoms. The molecule has 0 unspecified atom stereocenters. The highest BCUT2D eigenvalue weighted by Gasteiger charge is 2.12. The summed E-state index contributed by atoms with van der Waals surface area (Å²) >= 11 is 0. The number of imidazole rings is 1. The van der Waals surface area contributed by atoms with Crippen molar-refractivity contribution in [3.63, 3.8) is 0 Å². The Kier molecular flexibility index (Phi) is 3.47. The van der Waals surface area contributed by atoms with Crippen molar-refractivity contribution in [3.8, 4) is 0 Å². The summed E-state index contributed by atoms with van der Waals surface area (Å²) in [5.41, 5.74) is -0.349. The SMILES string of the molecule is CCNc1nc2c([nH]1)c(=O)[nH]c(=O)n2CCOC. The number of rotatable bonds is 5. The van der Waals surface area contributed by atoms with E-state index in [0.29, 0.717) is 31.3 Å². The van der Waals surface area contributed by atoms with Gasteiger partial charge in [-0.15, -0.1) is 0 Å². The van der Waals surface area contributed by atoms with E-state index < -0.39 is 11.2 Å². The second-order valence-electron chi connectivity index (χ2n) is 3.72. The highest BCUT2D eigenvalue weighted by molar-refractivity contribution is 5.72. The molecule has 18 heavy (non-hydrogen) atoms. The molecular weight excluding hydrogens is 238 g/mol. The predicted octanol–water partition coefficient (Wildman–Crippen LogP) is -0.509. The summed E-state index contributed by atoms with van der Waals surface area (Å²) in [5, 5.41) is 2.96. The van der Waals surface area contributed by atoms with E-state index in [1.165, 1.54) is 4.57 Å². The zero-order valence-corrected chi connectivity index (χ0v) is 10.2. The van der Waals surface area contributed by atoms with E-state index in [1.54, 1.807) is 7.11 Å². The maximum absolute atomic E-state index is 11.7. The van der Waals surface area contributed by atoms with Crippen LogP contribution in [0, 0.1) is 0 Å². The zero-order chi connectivity index (χ0) is 13.1. The van der Waals surface area contributed by atoms with Gasteiger partial charge in [0.2, 0.25) is 5.95 Å². The Morgan fingerprint density at radius 2 is 2.17 bits per heavy atom. The number of anilines is 1. The summed E-state index contributed by atoms with van der Waals surface area (Å²) in [6, 6.07) is 0. The Morgan fingerprint density at radius 1 is 1.39 bits per heavy atom. The van der Waals surface area contributed by atoms with E-state index in [4.69, 9.17) is 4.74 Å². The summed E-state index contributed by atoms with van der Waals surface area (Å²) < 4.78 is 6.30. The third-order valence-corrected chi connectivity index (χ3v) is 2.50. The maximum atomic E-state index is 11.7. The summed E-state index contributed by atoms with van der Waals surface area (Å²) in [6.07, 6.45) is 0. The summed E-state index contributed by atoms with van der Waals surface area (Å²) in [6.45, 7) is 3.28. The maximum Gasteiger partial charge on any atom is 0.330 e. The Balaban J connectivity index is 2.60. The molecule has 2 heterocycles. The average Bonchev–Trinajstić information content (AvgIpc) is 2.73. The highest BCUT2D eigenvalue weighted by atomic mass is 16.5. The second-order valence-corrected chi connectivity index (χ2v) is 3.72. The quantitative estimate of drug-likeness (QED) is 0.665. The van der Waals surface area contributed by atoms with Crippen molar-refractivity contribution < 1.29 is 4.74 Å². The minimum atomic E-state index is -0.487. The lowest BCUT2D eigenvalue weighted by atomic mass is 10.5. The van der Waals surface area contributed by atoms with Crippen molar-refractivity contribution in [1.29, 1.82) is 0 Å². The third kappa shape index (κ3) is 2.14. The molecule has 8 heteroatoms. The molecule has 0 aromatic carbocycles. The zero-order valence-electron chi connectivity index (χ0n) is 10.2. The van der Waals surface area contributed by atoms with Crippen LogP contribution in [0.15, 0.2) is 9.59 Å². The van der Waals surface area contributed by atoms with Crippen LogP contribution < -0.4 is 16.6 Å². The molecule has 0 saturated heterocycles. The summed E-state index contributed by atoms with van der Waals surface area (Å²) in [7, 11) is 1.54. The minimum absolute atomic E-state index is 0.279. The minimum Gasteiger partial charge on any atom is -0.383 e. The van der Waals surface area contributed by atoms with Crippen LogP contribution in [0.25, 0.3) is 11.2 Å². The van der Waals surface area contributed by atoms with Crippen LogP contribution in [0.4, 0.5) is 5.95 Å². The van der Waals surface area contributed by atoms with Crippen molar-refractivity contribution in [2.24, 2.45) is 0 Å². The monoisotopic (exact) mass is 253 g/mol. The molecule has 0 bridgehead atoms. The number of H-pyrrole nitrogens is 2. The number of hydrogen-bond donors (Lipinski definition) is 3. The Morgan fingerprint density at radius 3 is 2.83 bits per heavy atom. The van der Waals surface area contributed by atoms with Gasteiger partial charge < -0.3 is 15.0 Å². The van der Waals surface area contributed by atoms with Gasteiger partial charge in [0.1, 0.15) is 0 Å². The third-order valence-electron chi connectivity index (χ3n) is 2.50. The molecule has 0 atom stereocenters. The molecule has 0 amide bonds. The average molecular weight is 253 g/mol. The molecular formula is C10H15N5O3. The van der Waals surface area contributed by atoms with Gasteiger partial charge in [0.15, 0.2) is 11.2 Å². The van der Waals surface area contributed by atoms with Crippen molar-refractivity contribution in [2.45, 2.75) is 13.5 Å². The van der Waals surface area contributed by atoms with E-state index in [0.717, 1.165) is 0 Å². The van der Waals surface area contributed by atoms with Gasteiger partial charge in [0, 0.05) is 13.7 Å². The molecule has 0 aliphatic carbocycles. The van der Waals surface area contributed by atoms with Gasteiger partial charge in [0.05, 0.1) is 13.2 Å². The van der Waals surface area contributed by atoms with Crippen LogP contribution in [0.2, 0.25) is 0 Å². The first-order valence-electron chi connectivity index (χ1n) is 5.63. The lowest BCUT2D eigenvalue weighted by Gasteiger charge is -2.04. The lowest BCUT2D eigenvalue weighted by molar-refractivity contribution is 0.187. The van der Waals surface area contributed by atoms with E-state index in [1.807, 2.05) is 6.92 Å². The number of methoxy groups -OCH3 is 1. The second kappa shape index (κ2) is 5.05. The number of aromatic amines is 2. The van der Waals surface area contributed by atoms with E-state index >= 15 is 0 Å². The molecule has 0 fully saturated rings. The van der Waals surface area contributed by atoms with Crippen molar-refractivity contribution in [2.75, 3.05) is 25.6 Å². The molecule has 0 aliphatic heterocycles. The number of ether oxygens (including phenoxy) is 1. The van der Waals surface area contributed by atoms with Crippen LogP contribution in [-0.4, -0.2) is 39.8 Å². The Labute approximate surface area is 102 Å². The molecule has 8 nitrogen and oxygen atoms in total. The van der Waals surface area contributed by atoms with Crippen molar-refractivity contribution in [1.82, 2.24) is 19.5 Å². The lowest BCUT2D eigenvalue weighted by Crippen LogP contribution is -2.31. The molecule has 98 valence electrons. The highest BCUT2D eigenvalue weighted by Crippen LogP contribution is 2.08. The standard InChI is InChI=1S/C10H15N5O3/c1-3-11-9-12-6-7(13-9)15(4-5-18-2)10(17)14-8(6)16/h3-5H2,1-2H3,(H2,11,12,13)(H,14,16,17). The smallest absolute Gasteiger partial charge is 0.330 e. The summed E-state index contributed by atoms with van der Waals surface area (Å²) in [5.74, 6) is 0.467. The fourth-order valence-corrected chi connectivity index (χ4v) is 1.68. The largest absolute Gasteiger partial charge is 0.383 e. The van der Waals surface area contributed by atoms with Crippen molar-refractivity contribution >= 4 is 17.1 Å². The van der Waals surface area contributed by atoms with Gasteiger partial charge in [0.25, 0.3) is 5.56 Å². The predicted molar refractivity (Wildman–Crippen MR) is 67.0 cm³/mol. The number of nitrogens with one attached hydrogen (secondary N) is 3. The first-order chi connectivity index (χ1) is 8.67. The van der Waals surface area contributed by atoms with E-state index in [9.17, 15) is 9.59 Å². The van der Waals surface area contributed by atoms with Gasteiger partial charge >= 0.3 is 5.69 Å². The normalized spacial score (nSPS) is 11.0. The number of aromatic nitrogens is 4. The molecule has 2 aromatic rings. The number of fused-ring (bicyclic) bond motifs is 1. The van der Waals surface area contributed by atoms with Crippen LogP contribution in [-0.2, 0) is 11.3 Å². The fourth-order valence-electron chi connectivity index (χ4n) is 1.68. The Bertz CT molecular complexity index is 654. The molecule has 2 aromatic heterocycles. The number of hydrogen-bond acceptors (Lipinski definition) is 5. The van der Waals surface area contributed by atoms with Gasteiger partial charge in [-0.2, -0.15) is 4.98 Å². The number of nitrogens with zero attached hydrogens (tertiary/aromatic N) is 2. The van der Waals surface area contributed by atoms with Crippen LogP contribution >= 0.6 is 0 Å². The molecule has 3 N–H and O–H groups in total. The van der Waals surface area contributed by atoms with E-state index in [2.05, 4.69) is 20.3 Å². The van der Waals surface area contributed by atoms with Crippen LogP contribution in [0.1, 0.15) is 6.92 Å². The topological polar surface area (TPSA) is 105 Å². The summed E-state index contributed by atoms with van der Waals surface area (Å²) in [4.78, 5) is 32.6. The Hall–Kier alpha value is -2.09. The first kappa shape index (κ1) is 12.4. The van der Waals surface area contributed by atoms with Gasteiger partial charge in [-0.1, -0.05) is 0 Å². The molecule has 0 saturated carbocycles. The van der Waals surface area contributed by atoms with Gasteiger partial charge in [-0.3, -0.25) is 14.3 Å². The van der Waals surface area contributed by atoms with Crippen molar-refractivity contribution in [3.05, 3.63) is 20.8 Å². The van der Waals surface area contributed by atoms with Gasteiger partial charge in [-0.05, 0) is 6.92 Å². The molecule has 0 aliphatic rings.